The summed E-state index contributed by atoms with van der Waals surface area (Å²) in [5.74, 6) is 0.340. The van der Waals surface area contributed by atoms with E-state index in [0.29, 0.717) is 25.7 Å². The van der Waals surface area contributed by atoms with Crippen LogP contribution in [0.15, 0.2) is 0 Å². The standard InChI is InChI=1S/C84H164O17P2/c1-8-10-11-12-13-14-37-44-51-58-65-81(86)94-71-79(100-84(89)68-61-54-47-40-33-27-21-23-29-35-42-49-56-63-76(5)6)73-98-102(90,91)96-69-78(85)70-97-103(92,93)99-74-80(72-95-82(87)66-59-52-45-38-31-25-20-19-24-30-36-43-50-57-64-77(7)9-2)101-83(88)67-60-53-46-39-32-26-18-16-15-17-22-28-34-41-48-55-62-75(3)4/h75-80,85H,8-74H2,1-7H3,(H,90,91)(H,92,93)/t77?,78-,79+,80+/m0/s1. The first-order valence-electron chi connectivity index (χ1n) is 43.4. The third kappa shape index (κ3) is 76.6. The zero-order valence-corrected chi connectivity index (χ0v) is 69.6. The van der Waals surface area contributed by atoms with E-state index in [1.54, 1.807) is 0 Å². The van der Waals surface area contributed by atoms with Crippen LogP contribution in [-0.2, 0) is 65.4 Å². The molecule has 0 fully saturated rings. The summed E-state index contributed by atoms with van der Waals surface area (Å²) in [4.78, 5) is 73.1. The predicted octanol–water partition coefficient (Wildman–Crippen LogP) is 25.3. The van der Waals surface area contributed by atoms with Gasteiger partial charge in [-0.2, -0.15) is 0 Å². The molecule has 0 aromatic rings. The van der Waals surface area contributed by atoms with Crippen molar-refractivity contribution >= 4 is 39.5 Å². The Morgan fingerprint density at radius 3 is 0.738 bits per heavy atom. The Balaban J connectivity index is 5.24. The summed E-state index contributed by atoms with van der Waals surface area (Å²) in [6.07, 6.45) is 63.7. The molecule has 17 nitrogen and oxygen atoms in total. The van der Waals surface area contributed by atoms with Gasteiger partial charge in [0.1, 0.15) is 19.3 Å². The highest BCUT2D eigenvalue weighted by Crippen LogP contribution is 2.45. The van der Waals surface area contributed by atoms with Crippen LogP contribution in [-0.4, -0.2) is 96.7 Å². The highest BCUT2D eigenvalue weighted by molar-refractivity contribution is 7.47. The van der Waals surface area contributed by atoms with Gasteiger partial charge < -0.3 is 33.8 Å². The molecule has 0 aromatic carbocycles. The molecule has 0 amide bonds. The van der Waals surface area contributed by atoms with Gasteiger partial charge in [0, 0.05) is 25.7 Å². The Hall–Kier alpha value is -1.94. The Kier molecular flexibility index (Phi) is 72.8. The molecule has 3 unspecified atom stereocenters. The number of aliphatic hydroxyl groups excluding tert-OH is 1. The average molecular weight is 1510 g/mol. The molecule has 0 radical (unpaired) electrons. The number of rotatable bonds is 82. The van der Waals surface area contributed by atoms with Gasteiger partial charge in [-0.1, -0.05) is 389 Å². The highest BCUT2D eigenvalue weighted by Gasteiger charge is 2.30. The zero-order valence-electron chi connectivity index (χ0n) is 67.8. The number of phosphoric ester groups is 2. The van der Waals surface area contributed by atoms with Crippen molar-refractivity contribution in [3.8, 4) is 0 Å². The molecule has 0 bridgehead atoms. The molecular formula is C84H164O17P2. The third-order valence-corrected chi connectivity index (χ3v) is 21.9. The Morgan fingerprint density at radius 2 is 0.495 bits per heavy atom. The molecule has 0 aromatic heterocycles. The summed E-state index contributed by atoms with van der Waals surface area (Å²) in [5, 5.41) is 10.7. The van der Waals surface area contributed by atoms with Crippen molar-refractivity contribution in [2.75, 3.05) is 39.6 Å². The third-order valence-electron chi connectivity index (χ3n) is 20.0. The van der Waals surface area contributed by atoms with E-state index in [-0.39, 0.29) is 25.7 Å². The normalized spacial score (nSPS) is 14.2. The molecule has 0 saturated carbocycles. The van der Waals surface area contributed by atoms with Gasteiger partial charge >= 0.3 is 39.5 Å². The lowest BCUT2D eigenvalue weighted by molar-refractivity contribution is -0.161. The van der Waals surface area contributed by atoms with Crippen LogP contribution in [0.2, 0.25) is 0 Å². The van der Waals surface area contributed by atoms with Crippen LogP contribution in [0.25, 0.3) is 0 Å². The highest BCUT2D eigenvalue weighted by atomic mass is 31.2. The molecule has 19 heteroatoms. The first kappa shape index (κ1) is 101. The van der Waals surface area contributed by atoms with Crippen molar-refractivity contribution in [3.05, 3.63) is 0 Å². The van der Waals surface area contributed by atoms with Crippen LogP contribution in [0.1, 0.15) is 440 Å². The van der Waals surface area contributed by atoms with E-state index >= 15 is 0 Å². The average Bonchev–Trinajstić information content (AvgIpc) is 0.914. The number of hydrogen-bond donors (Lipinski definition) is 3. The quantitative estimate of drug-likeness (QED) is 0.0222. The van der Waals surface area contributed by atoms with E-state index < -0.39 is 97.5 Å². The Bertz CT molecular complexity index is 1990. The van der Waals surface area contributed by atoms with Crippen molar-refractivity contribution in [1.82, 2.24) is 0 Å². The summed E-state index contributed by atoms with van der Waals surface area (Å²) < 4.78 is 68.8. The molecular weight excluding hydrogens is 1340 g/mol. The van der Waals surface area contributed by atoms with Crippen LogP contribution in [0, 0.1) is 17.8 Å². The monoisotopic (exact) mass is 1510 g/mol. The molecule has 0 heterocycles. The number of ether oxygens (including phenoxy) is 4. The molecule has 612 valence electrons. The first-order valence-corrected chi connectivity index (χ1v) is 46.4. The van der Waals surface area contributed by atoms with Crippen LogP contribution in [0.3, 0.4) is 0 Å². The molecule has 0 aliphatic carbocycles. The molecule has 0 rings (SSSR count). The maximum absolute atomic E-state index is 13.1. The van der Waals surface area contributed by atoms with E-state index in [2.05, 4.69) is 48.5 Å². The fraction of sp³-hybridized carbons (Fsp3) is 0.952. The summed E-state index contributed by atoms with van der Waals surface area (Å²) in [5.41, 5.74) is 0. The molecule has 103 heavy (non-hydrogen) atoms. The van der Waals surface area contributed by atoms with Crippen molar-refractivity contribution < 1.29 is 80.2 Å². The first-order chi connectivity index (χ1) is 49.8. The number of aliphatic hydroxyl groups is 1. The number of esters is 4. The van der Waals surface area contributed by atoms with E-state index in [4.69, 9.17) is 37.0 Å². The molecule has 0 aliphatic rings. The number of hydrogen-bond acceptors (Lipinski definition) is 15. The van der Waals surface area contributed by atoms with E-state index in [1.165, 1.54) is 250 Å². The topological polar surface area (TPSA) is 237 Å². The number of phosphoric acid groups is 2. The second-order valence-corrected chi connectivity index (χ2v) is 34.3. The summed E-state index contributed by atoms with van der Waals surface area (Å²) in [7, 11) is -9.92. The SMILES string of the molecule is CCCCCCCCCCCCC(=O)OC[C@H](COP(=O)(O)OC[C@H](O)COP(=O)(O)OC[C@@H](COC(=O)CCCCCCCCCCCCCCCCC(C)CC)OC(=O)CCCCCCCCCCCCCCCCCCC(C)C)OC(=O)CCCCCCCCCCCCCCCC(C)C. The summed E-state index contributed by atoms with van der Waals surface area (Å²) in [6, 6.07) is 0. The summed E-state index contributed by atoms with van der Waals surface area (Å²) in [6.45, 7) is 12.1. The van der Waals surface area contributed by atoms with Crippen molar-refractivity contribution in [1.29, 1.82) is 0 Å². The minimum absolute atomic E-state index is 0.107. The molecule has 0 aliphatic heterocycles. The number of carbonyl (C=O) groups excluding carboxylic acids is 4. The molecule has 0 spiro atoms. The molecule has 0 saturated heterocycles. The minimum atomic E-state index is -4.96. The summed E-state index contributed by atoms with van der Waals surface area (Å²) >= 11 is 0. The van der Waals surface area contributed by atoms with Crippen LogP contribution in [0.4, 0.5) is 0 Å². The van der Waals surface area contributed by atoms with Gasteiger partial charge in [0.2, 0.25) is 0 Å². The largest absolute Gasteiger partial charge is 0.472 e. The lowest BCUT2D eigenvalue weighted by Crippen LogP contribution is -2.30. The second kappa shape index (κ2) is 74.2. The van der Waals surface area contributed by atoms with Crippen LogP contribution in [0.5, 0.6) is 0 Å². The van der Waals surface area contributed by atoms with Gasteiger partial charge in [-0.15, -0.1) is 0 Å². The predicted molar refractivity (Wildman–Crippen MR) is 423 cm³/mol. The fourth-order valence-corrected chi connectivity index (χ4v) is 14.6. The zero-order chi connectivity index (χ0) is 75.8. The van der Waals surface area contributed by atoms with Gasteiger partial charge in [-0.25, -0.2) is 9.13 Å². The van der Waals surface area contributed by atoms with Gasteiger partial charge in [-0.05, 0) is 43.4 Å². The van der Waals surface area contributed by atoms with Crippen molar-refractivity contribution in [2.24, 2.45) is 17.8 Å². The van der Waals surface area contributed by atoms with Crippen LogP contribution < -0.4 is 0 Å². The van der Waals surface area contributed by atoms with E-state index in [9.17, 15) is 43.2 Å². The second-order valence-electron chi connectivity index (χ2n) is 31.4. The minimum Gasteiger partial charge on any atom is -0.462 e. The van der Waals surface area contributed by atoms with Crippen molar-refractivity contribution in [2.45, 2.75) is 458 Å². The maximum atomic E-state index is 13.1. The van der Waals surface area contributed by atoms with Gasteiger partial charge in [0.15, 0.2) is 12.2 Å². The van der Waals surface area contributed by atoms with Gasteiger partial charge in [-0.3, -0.25) is 37.3 Å². The lowest BCUT2D eigenvalue weighted by atomic mass is 9.99. The van der Waals surface area contributed by atoms with E-state index in [1.807, 2.05) is 0 Å². The fourth-order valence-electron chi connectivity index (χ4n) is 13.0. The Morgan fingerprint density at radius 1 is 0.282 bits per heavy atom. The molecule has 6 atom stereocenters. The molecule has 3 N–H and O–H groups in total. The smallest absolute Gasteiger partial charge is 0.462 e. The number of unbranched alkanes of at least 4 members (excludes halogenated alkanes) is 49. The number of carbonyl (C=O) groups is 4. The van der Waals surface area contributed by atoms with Gasteiger partial charge in [0.05, 0.1) is 26.4 Å². The van der Waals surface area contributed by atoms with Crippen LogP contribution >= 0.6 is 15.6 Å². The lowest BCUT2D eigenvalue weighted by Gasteiger charge is -2.21. The Labute approximate surface area is 632 Å². The van der Waals surface area contributed by atoms with Gasteiger partial charge in [0.25, 0.3) is 0 Å². The van der Waals surface area contributed by atoms with Crippen molar-refractivity contribution in [3.63, 3.8) is 0 Å². The van der Waals surface area contributed by atoms with E-state index in [0.717, 1.165) is 108 Å². The maximum Gasteiger partial charge on any atom is 0.472 e.